The summed E-state index contributed by atoms with van der Waals surface area (Å²) in [5, 5.41) is 16.6. The van der Waals surface area contributed by atoms with Crippen LogP contribution in [0.5, 0.6) is 0 Å². The smallest absolute Gasteiger partial charge is 0.317 e. The third-order valence-electron chi connectivity index (χ3n) is 2.38. The van der Waals surface area contributed by atoms with Crippen molar-refractivity contribution < 1.29 is 24.6 Å². The highest BCUT2D eigenvalue weighted by Crippen LogP contribution is 2.05. The molecule has 0 radical (unpaired) electrons. The lowest BCUT2D eigenvalue weighted by Crippen LogP contribution is -2.27. The molecule has 0 rings (SSSR count). The second-order valence-electron chi connectivity index (χ2n) is 3.71. The molecule has 0 aliphatic heterocycles. The third kappa shape index (κ3) is 8.55. The van der Waals surface area contributed by atoms with Crippen LogP contribution in [0.1, 0.15) is 40.5 Å². The van der Waals surface area contributed by atoms with E-state index in [1.54, 1.807) is 18.7 Å². The van der Waals surface area contributed by atoms with E-state index in [0.29, 0.717) is 6.42 Å². The summed E-state index contributed by atoms with van der Waals surface area (Å²) in [6.07, 6.45) is 0.772. The Balaban J connectivity index is 0. The Kier molecular flexibility index (Phi) is 11.0. The molecule has 6 heteroatoms. The third-order valence-corrected chi connectivity index (χ3v) is 2.38. The molecule has 0 aromatic carbocycles. The number of aliphatic carboxylic acids is 2. The summed E-state index contributed by atoms with van der Waals surface area (Å²) in [6.45, 7) is 8.94. The van der Waals surface area contributed by atoms with Crippen molar-refractivity contribution in [2.24, 2.45) is 5.92 Å². The molecule has 0 fully saturated rings. The van der Waals surface area contributed by atoms with E-state index in [-0.39, 0.29) is 12.3 Å². The van der Waals surface area contributed by atoms with E-state index in [0.717, 1.165) is 13.1 Å². The molecular formula is C12H23NO5. The van der Waals surface area contributed by atoms with Gasteiger partial charge >= 0.3 is 11.9 Å². The van der Waals surface area contributed by atoms with Crippen LogP contribution in [-0.4, -0.2) is 46.0 Å². The molecule has 106 valence electrons. The van der Waals surface area contributed by atoms with Crippen molar-refractivity contribution in [3.8, 4) is 0 Å². The minimum absolute atomic E-state index is 0.162. The molecule has 1 amide bonds. The molecule has 0 saturated carbocycles. The largest absolute Gasteiger partial charge is 0.481 e. The van der Waals surface area contributed by atoms with Crippen LogP contribution in [0, 0.1) is 5.92 Å². The number of carboxylic acids is 2. The Labute approximate surface area is 108 Å². The molecule has 0 spiro atoms. The highest BCUT2D eigenvalue weighted by Gasteiger charge is 2.23. The predicted octanol–water partition coefficient (Wildman–Crippen LogP) is 1.45. The summed E-state index contributed by atoms with van der Waals surface area (Å²) >= 11 is 0. The van der Waals surface area contributed by atoms with E-state index in [1.807, 2.05) is 13.8 Å². The maximum atomic E-state index is 10.5. The van der Waals surface area contributed by atoms with E-state index in [1.165, 1.54) is 0 Å². The Morgan fingerprint density at radius 2 is 1.39 bits per heavy atom. The van der Waals surface area contributed by atoms with Gasteiger partial charge in [0.15, 0.2) is 5.92 Å². The normalized spacial score (nSPS) is 9.39. The fourth-order valence-corrected chi connectivity index (χ4v) is 1.31. The lowest BCUT2D eigenvalue weighted by atomic mass is 10.1. The molecule has 0 aromatic rings. The first-order chi connectivity index (χ1) is 8.31. The van der Waals surface area contributed by atoms with Crippen LogP contribution in [0.2, 0.25) is 0 Å². The number of carbonyl (C=O) groups is 3. The van der Waals surface area contributed by atoms with Gasteiger partial charge in [0.1, 0.15) is 0 Å². The average Bonchev–Trinajstić information content (AvgIpc) is 2.27. The van der Waals surface area contributed by atoms with Gasteiger partial charge in [0.25, 0.3) is 0 Å². The van der Waals surface area contributed by atoms with Crippen molar-refractivity contribution in [2.45, 2.75) is 40.5 Å². The first kappa shape index (κ1) is 18.8. The number of hydrogen-bond donors (Lipinski definition) is 2. The van der Waals surface area contributed by atoms with E-state index in [9.17, 15) is 14.4 Å². The van der Waals surface area contributed by atoms with Crippen LogP contribution < -0.4 is 0 Å². The van der Waals surface area contributed by atoms with Crippen LogP contribution in [0.3, 0.4) is 0 Å². The molecule has 0 atom stereocenters. The molecule has 0 saturated heterocycles. The molecule has 6 nitrogen and oxygen atoms in total. The second-order valence-corrected chi connectivity index (χ2v) is 3.71. The van der Waals surface area contributed by atoms with E-state index >= 15 is 0 Å². The zero-order chi connectivity index (χ0) is 14.7. The van der Waals surface area contributed by atoms with Gasteiger partial charge in [0.2, 0.25) is 5.91 Å². The van der Waals surface area contributed by atoms with Crippen LogP contribution in [0.4, 0.5) is 0 Å². The van der Waals surface area contributed by atoms with Gasteiger partial charge in [-0.1, -0.05) is 13.3 Å². The zero-order valence-corrected chi connectivity index (χ0v) is 11.5. The second kappa shape index (κ2) is 10.6. The van der Waals surface area contributed by atoms with Crippen LogP contribution >= 0.6 is 0 Å². The van der Waals surface area contributed by atoms with Crippen molar-refractivity contribution in [1.82, 2.24) is 4.90 Å². The fourth-order valence-electron chi connectivity index (χ4n) is 1.31. The number of carbonyl (C=O) groups excluding carboxylic acids is 1. The lowest BCUT2D eigenvalue weighted by molar-refractivity contribution is -0.154. The molecule has 0 heterocycles. The van der Waals surface area contributed by atoms with Crippen molar-refractivity contribution in [3.05, 3.63) is 0 Å². The molecule has 0 aliphatic carbocycles. The van der Waals surface area contributed by atoms with Crippen LogP contribution in [0.15, 0.2) is 0 Å². The molecule has 2 N–H and O–H groups in total. The summed E-state index contributed by atoms with van der Waals surface area (Å²) in [4.78, 5) is 32.6. The van der Waals surface area contributed by atoms with Gasteiger partial charge in [-0.15, -0.1) is 0 Å². The van der Waals surface area contributed by atoms with E-state index in [4.69, 9.17) is 10.2 Å². The predicted molar refractivity (Wildman–Crippen MR) is 67.3 cm³/mol. The van der Waals surface area contributed by atoms with Crippen molar-refractivity contribution in [1.29, 1.82) is 0 Å². The molecule has 0 aliphatic rings. The number of carboxylic acid groups (broad SMARTS) is 2. The highest BCUT2D eigenvalue weighted by atomic mass is 16.4. The average molecular weight is 261 g/mol. The van der Waals surface area contributed by atoms with Crippen LogP contribution in [-0.2, 0) is 14.4 Å². The first-order valence-electron chi connectivity index (χ1n) is 6.02. The summed E-state index contributed by atoms with van der Waals surface area (Å²) in [6, 6.07) is 0. The zero-order valence-electron chi connectivity index (χ0n) is 11.5. The fraction of sp³-hybridized carbons (Fsp3) is 0.750. The SMILES string of the molecule is CCCC(C(=O)O)C(=O)O.CCN(CC)C(C)=O. The number of nitrogens with zero attached hydrogens (tertiary/aromatic N) is 1. The van der Waals surface area contributed by atoms with Crippen molar-refractivity contribution in [3.63, 3.8) is 0 Å². The van der Waals surface area contributed by atoms with Gasteiger partial charge in [-0.25, -0.2) is 0 Å². The van der Waals surface area contributed by atoms with Crippen molar-refractivity contribution >= 4 is 17.8 Å². The van der Waals surface area contributed by atoms with Gasteiger partial charge in [-0.3, -0.25) is 14.4 Å². The molecule has 0 bridgehead atoms. The topological polar surface area (TPSA) is 94.9 Å². The number of rotatable bonds is 6. The number of hydrogen-bond acceptors (Lipinski definition) is 3. The number of amides is 1. The molecule has 0 aromatic heterocycles. The molecule has 18 heavy (non-hydrogen) atoms. The quantitative estimate of drug-likeness (QED) is 0.705. The minimum Gasteiger partial charge on any atom is -0.481 e. The lowest BCUT2D eigenvalue weighted by Gasteiger charge is -2.14. The Morgan fingerprint density at radius 1 is 1.00 bits per heavy atom. The van der Waals surface area contributed by atoms with Gasteiger partial charge in [0.05, 0.1) is 0 Å². The summed E-state index contributed by atoms with van der Waals surface area (Å²) in [5.74, 6) is -3.58. The van der Waals surface area contributed by atoms with Crippen molar-refractivity contribution in [2.75, 3.05) is 13.1 Å². The Hall–Kier alpha value is -1.59. The van der Waals surface area contributed by atoms with Gasteiger partial charge in [-0.05, 0) is 20.3 Å². The summed E-state index contributed by atoms with van der Waals surface area (Å²) in [7, 11) is 0. The molecule has 0 unspecified atom stereocenters. The summed E-state index contributed by atoms with van der Waals surface area (Å²) in [5.41, 5.74) is 0. The van der Waals surface area contributed by atoms with E-state index in [2.05, 4.69) is 0 Å². The highest BCUT2D eigenvalue weighted by molar-refractivity contribution is 5.92. The van der Waals surface area contributed by atoms with Crippen LogP contribution in [0.25, 0.3) is 0 Å². The monoisotopic (exact) mass is 261 g/mol. The van der Waals surface area contributed by atoms with Gasteiger partial charge in [0, 0.05) is 20.0 Å². The van der Waals surface area contributed by atoms with Gasteiger partial charge in [-0.2, -0.15) is 0 Å². The first-order valence-corrected chi connectivity index (χ1v) is 6.02. The standard InChI is InChI=1S/C6H13NO.C6H10O4/c1-4-7(5-2)6(3)8;1-2-3-4(5(7)8)6(9)10/h4-5H2,1-3H3;4H,2-3H2,1H3,(H,7,8)(H,9,10). The summed E-state index contributed by atoms with van der Waals surface area (Å²) < 4.78 is 0. The Bertz CT molecular complexity index is 260. The minimum atomic E-state index is -1.26. The van der Waals surface area contributed by atoms with E-state index < -0.39 is 17.9 Å². The van der Waals surface area contributed by atoms with Gasteiger partial charge < -0.3 is 15.1 Å². The maximum absolute atomic E-state index is 10.5. The maximum Gasteiger partial charge on any atom is 0.317 e. The Morgan fingerprint density at radius 3 is 1.44 bits per heavy atom. The molecular weight excluding hydrogens is 238 g/mol.